The molecule has 1 saturated carbocycles. The van der Waals surface area contributed by atoms with Crippen molar-refractivity contribution in [3.05, 3.63) is 50.6 Å². The normalized spacial score (nSPS) is 22.3. The number of ether oxygens (including phenoxy) is 1. The molecule has 3 aliphatic rings. The van der Waals surface area contributed by atoms with Gasteiger partial charge in [0.2, 0.25) is 0 Å². The number of rotatable bonds is 4. The SMILES string of the molecule is O=C(N=C1CCCC[C@H]1NC(=O)c1nc2c(s1)CN(C1CCOCC1)CC2)c1cc2cc(Cl)ccc2[nH]1. The van der Waals surface area contributed by atoms with Crippen LogP contribution in [-0.2, 0) is 17.7 Å². The molecule has 2 N–H and O–H groups in total. The molecule has 2 amide bonds. The van der Waals surface area contributed by atoms with Crippen molar-refractivity contribution in [1.82, 2.24) is 20.2 Å². The van der Waals surface area contributed by atoms with Crippen molar-refractivity contribution < 1.29 is 14.3 Å². The van der Waals surface area contributed by atoms with E-state index in [1.54, 1.807) is 12.1 Å². The highest BCUT2D eigenvalue weighted by Gasteiger charge is 2.30. The molecule has 6 rings (SSSR count). The maximum atomic E-state index is 13.2. The summed E-state index contributed by atoms with van der Waals surface area (Å²) in [6, 6.07) is 7.51. The van der Waals surface area contributed by atoms with Gasteiger partial charge in [-0.25, -0.2) is 9.98 Å². The Bertz CT molecular complexity index is 1360. The van der Waals surface area contributed by atoms with Gasteiger partial charge in [-0.3, -0.25) is 14.5 Å². The Morgan fingerprint density at radius 2 is 2.03 bits per heavy atom. The molecule has 1 aliphatic carbocycles. The van der Waals surface area contributed by atoms with Gasteiger partial charge < -0.3 is 15.0 Å². The lowest BCUT2D eigenvalue weighted by Crippen LogP contribution is -2.43. The van der Waals surface area contributed by atoms with E-state index in [0.29, 0.717) is 28.2 Å². The summed E-state index contributed by atoms with van der Waals surface area (Å²) >= 11 is 7.58. The first kappa shape index (κ1) is 24.7. The summed E-state index contributed by atoms with van der Waals surface area (Å²) in [5, 5.41) is 5.12. The Balaban J connectivity index is 1.14. The molecule has 4 heterocycles. The van der Waals surface area contributed by atoms with Crippen molar-refractivity contribution in [2.24, 2.45) is 4.99 Å². The number of benzene rings is 1. The topological polar surface area (TPSA) is 99.7 Å². The molecule has 37 heavy (non-hydrogen) atoms. The molecule has 0 unspecified atom stereocenters. The molecule has 0 radical (unpaired) electrons. The summed E-state index contributed by atoms with van der Waals surface area (Å²) in [6.45, 7) is 3.48. The smallest absolute Gasteiger partial charge is 0.293 e. The molecule has 1 saturated heterocycles. The van der Waals surface area contributed by atoms with E-state index in [4.69, 9.17) is 21.3 Å². The van der Waals surface area contributed by atoms with Crippen LogP contribution in [0.15, 0.2) is 29.3 Å². The zero-order valence-electron chi connectivity index (χ0n) is 20.6. The average Bonchev–Trinajstić information content (AvgIpc) is 3.54. The first-order valence-corrected chi connectivity index (χ1v) is 14.2. The van der Waals surface area contributed by atoms with E-state index in [-0.39, 0.29) is 17.9 Å². The molecule has 1 atom stereocenters. The van der Waals surface area contributed by atoms with Gasteiger partial charge in [-0.15, -0.1) is 11.3 Å². The molecule has 0 spiro atoms. The molecular formula is C27H30ClN5O3S. The van der Waals surface area contributed by atoms with E-state index in [1.807, 2.05) is 12.1 Å². The summed E-state index contributed by atoms with van der Waals surface area (Å²) < 4.78 is 5.52. The number of aromatic amines is 1. The van der Waals surface area contributed by atoms with Gasteiger partial charge >= 0.3 is 0 Å². The number of hydrogen-bond acceptors (Lipinski definition) is 6. The Morgan fingerprint density at radius 3 is 2.89 bits per heavy atom. The number of carbonyl (C=O) groups is 2. The third-order valence-corrected chi connectivity index (χ3v) is 8.92. The van der Waals surface area contributed by atoms with Crippen LogP contribution in [0, 0.1) is 0 Å². The van der Waals surface area contributed by atoms with Crippen molar-refractivity contribution in [3.8, 4) is 0 Å². The Labute approximate surface area is 224 Å². The van der Waals surface area contributed by atoms with E-state index in [1.165, 1.54) is 16.2 Å². The van der Waals surface area contributed by atoms with Crippen molar-refractivity contribution in [2.75, 3.05) is 19.8 Å². The summed E-state index contributed by atoms with van der Waals surface area (Å²) in [7, 11) is 0. The molecule has 3 aromatic rings. The molecule has 2 aromatic heterocycles. The van der Waals surface area contributed by atoms with Crippen LogP contribution >= 0.6 is 22.9 Å². The third-order valence-electron chi connectivity index (χ3n) is 7.60. The highest BCUT2D eigenvalue weighted by molar-refractivity contribution is 7.13. The van der Waals surface area contributed by atoms with E-state index in [0.717, 1.165) is 87.1 Å². The van der Waals surface area contributed by atoms with Gasteiger partial charge in [0.25, 0.3) is 11.8 Å². The predicted molar refractivity (Wildman–Crippen MR) is 145 cm³/mol. The molecule has 8 nitrogen and oxygen atoms in total. The fraction of sp³-hybridized carbons (Fsp3) is 0.481. The number of nitrogens with one attached hydrogen (secondary N) is 2. The van der Waals surface area contributed by atoms with Crippen molar-refractivity contribution in [1.29, 1.82) is 0 Å². The molecule has 0 bridgehead atoms. The van der Waals surface area contributed by atoms with Gasteiger partial charge in [-0.1, -0.05) is 18.0 Å². The number of aromatic nitrogens is 2. The number of H-pyrrole nitrogens is 1. The Kier molecular flexibility index (Phi) is 7.12. The number of halogens is 1. The van der Waals surface area contributed by atoms with Gasteiger partial charge in [0, 0.05) is 65.3 Å². The van der Waals surface area contributed by atoms with E-state index >= 15 is 0 Å². The first-order chi connectivity index (χ1) is 18.0. The standard InChI is InChI=1S/C27H30ClN5O3S/c28-17-5-6-19-16(13-17)14-23(29-19)25(34)30-20-3-1-2-4-21(20)31-26(35)27-32-22-7-10-33(15-24(22)37-27)18-8-11-36-12-9-18/h5-6,13-14,18,21,29H,1-4,7-12,15H2,(H,31,35)/t21-/m1/s1. The number of fused-ring (bicyclic) bond motifs is 2. The lowest BCUT2D eigenvalue weighted by Gasteiger charge is -2.36. The van der Waals surface area contributed by atoms with E-state index < -0.39 is 0 Å². The summed E-state index contributed by atoms with van der Waals surface area (Å²) in [5.74, 6) is -0.509. The van der Waals surface area contributed by atoms with Crippen LogP contribution in [0.4, 0.5) is 0 Å². The first-order valence-electron chi connectivity index (χ1n) is 13.0. The predicted octanol–water partition coefficient (Wildman–Crippen LogP) is 4.77. The van der Waals surface area contributed by atoms with Crippen molar-refractivity contribution in [2.45, 2.75) is 63.6 Å². The van der Waals surface area contributed by atoms with Crippen LogP contribution in [0.5, 0.6) is 0 Å². The Morgan fingerprint density at radius 1 is 1.16 bits per heavy atom. The number of hydrogen-bond donors (Lipinski definition) is 2. The van der Waals surface area contributed by atoms with Crippen molar-refractivity contribution in [3.63, 3.8) is 0 Å². The quantitative estimate of drug-likeness (QED) is 0.497. The number of thiazole rings is 1. The zero-order valence-corrected chi connectivity index (χ0v) is 22.2. The van der Waals surface area contributed by atoms with E-state index in [2.05, 4.69) is 20.2 Å². The fourth-order valence-corrected chi connectivity index (χ4v) is 6.81. The molecule has 2 aliphatic heterocycles. The maximum absolute atomic E-state index is 13.2. The van der Waals surface area contributed by atoms with Crippen LogP contribution < -0.4 is 5.32 Å². The van der Waals surface area contributed by atoms with Gasteiger partial charge in [-0.05, 0) is 56.4 Å². The van der Waals surface area contributed by atoms with Crippen LogP contribution in [0.1, 0.15) is 69.4 Å². The average molecular weight is 540 g/mol. The Hall–Kier alpha value is -2.59. The number of amides is 2. The molecule has 10 heteroatoms. The molecule has 194 valence electrons. The van der Waals surface area contributed by atoms with Crippen LogP contribution in [-0.4, -0.2) is 64.2 Å². The van der Waals surface area contributed by atoms with Crippen LogP contribution in [0.2, 0.25) is 5.02 Å². The lowest BCUT2D eigenvalue weighted by molar-refractivity contribution is 0.0293. The maximum Gasteiger partial charge on any atom is 0.293 e. The minimum atomic E-state index is -0.332. The number of aliphatic imine (C=N–C) groups is 1. The summed E-state index contributed by atoms with van der Waals surface area (Å²) in [6.07, 6.45) is 6.40. The molecular weight excluding hydrogens is 510 g/mol. The second kappa shape index (κ2) is 10.6. The third kappa shape index (κ3) is 5.36. The van der Waals surface area contributed by atoms with Gasteiger partial charge in [0.15, 0.2) is 5.01 Å². The summed E-state index contributed by atoms with van der Waals surface area (Å²) in [5.41, 5.74) is 3.03. The summed E-state index contributed by atoms with van der Waals surface area (Å²) in [4.78, 5) is 42.2. The highest BCUT2D eigenvalue weighted by atomic mass is 35.5. The van der Waals surface area contributed by atoms with Crippen LogP contribution in [0.25, 0.3) is 10.9 Å². The second-order valence-electron chi connectivity index (χ2n) is 10.0. The largest absolute Gasteiger partial charge is 0.381 e. The lowest BCUT2D eigenvalue weighted by atomic mass is 9.93. The van der Waals surface area contributed by atoms with Crippen LogP contribution in [0.3, 0.4) is 0 Å². The highest BCUT2D eigenvalue weighted by Crippen LogP contribution is 2.29. The number of nitrogens with zero attached hydrogens (tertiary/aromatic N) is 3. The minimum Gasteiger partial charge on any atom is -0.381 e. The fourth-order valence-electron chi connectivity index (χ4n) is 5.59. The minimum absolute atomic E-state index is 0.177. The van der Waals surface area contributed by atoms with Gasteiger partial charge in [0.1, 0.15) is 5.69 Å². The van der Waals surface area contributed by atoms with Gasteiger partial charge in [0.05, 0.1) is 11.7 Å². The zero-order chi connectivity index (χ0) is 25.4. The molecule has 2 fully saturated rings. The second-order valence-corrected chi connectivity index (χ2v) is 11.6. The van der Waals surface area contributed by atoms with Crippen molar-refractivity contribution >= 4 is 51.4 Å². The van der Waals surface area contributed by atoms with Gasteiger partial charge in [-0.2, -0.15) is 0 Å². The monoisotopic (exact) mass is 539 g/mol. The number of carbonyl (C=O) groups excluding carboxylic acids is 2. The molecule has 1 aromatic carbocycles. The van der Waals surface area contributed by atoms with E-state index in [9.17, 15) is 9.59 Å².